The van der Waals surface area contributed by atoms with Gasteiger partial charge in [0.1, 0.15) is 30.0 Å². The van der Waals surface area contributed by atoms with Crippen LogP contribution < -0.4 is 0 Å². The summed E-state index contributed by atoms with van der Waals surface area (Å²) in [5.74, 6) is -3.37. The van der Waals surface area contributed by atoms with Crippen LogP contribution in [0.1, 0.15) is 153 Å². The van der Waals surface area contributed by atoms with E-state index in [-0.39, 0.29) is 50.3 Å². The lowest BCUT2D eigenvalue weighted by Crippen LogP contribution is -2.60. The lowest BCUT2D eigenvalue weighted by molar-refractivity contribution is -0.318. The molecule has 0 aromatic rings. The van der Waals surface area contributed by atoms with Gasteiger partial charge in [-0.1, -0.05) is 101 Å². The molecule has 15 nitrogen and oxygen atoms in total. The molecule has 424 valence electrons. The number of hydrogen-bond acceptors (Lipinski definition) is 14. The van der Waals surface area contributed by atoms with Crippen molar-refractivity contribution in [1.82, 2.24) is 9.80 Å². The zero-order valence-electron chi connectivity index (χ0n) is 47.7. The Hall–Kier alpha value is -3.06. The van der Waals surface area contributed by atoms with Crippen molar-refractivity contribution in [2.45, 2.75) is 244 Å². The second-order valence-electron chi connectivity index (χ2n) is 22.2. The monoisotopic (exact) mass is 1040 g/mol. The van der Waals surface area contributed by atoms with E-state index in [1.54, 1.807) is 53.4 Å². The number of carbonyl (C=O) groups is 2. The number of hydrogen-bond donors (Lipinski definition) is 5. The van der Waals surface area contributed by atoms with Crippen molar-refractivity contribution in [3.63, 3.8) is 0 Å². The summed E-state index contributed by atoms with van der Waals surface area (Å²) in [4.78, 5) is 32.4. The van der Waals surface area contributed by atoms with E-state index in [0.717, 1.165) is 32.1 Å². The van der Waals surface area contributed by atoms with Gasteiger partial charge in [0.25, 0.3) is 0 Å². The molecular weight excluding hydrogens is 945 g/mol. The van der Waals surface area contributed by atoms with Gasteiger partial charge in [-0.15, -0.1) is 0 Å². The van der Waals surface area contributed by atoms with Crippen LogP contribution >= 0.6 is 0 Å². The molecule has 0 spiro atoms. The van der Waals surface area contributed by atoms with E-state index >= 15 is 0 Å². The summed E-state index contributed by atoms with van der Waals surface area (Å²) in [6.07, 6.45) is 22.0. The second kappa shape index (κ2) is 31.4. The summed E-state index contributed by atoms with van der Waals surface area (Å²) < 4.78 is 38.1. The van der Waals surface area contributed by atoms with Crippen molar-refractivity contribution in [1.29, 1.82) is 0 Å². The van der Waals surface area contributed by atoms with Gasteiger partial charge in [0.15, 0.2) is 12.6 Å². The van der Waals surface area contributed by atoms with E-state index in [9.17, 15) is 35.1 Å². The number of esters is 1. The summed E-state index contributed by atoms with van der Waals surface area (Å²) in [5, 5.41) is 60.0. The highest BCUT2D eigenvalue weighted by molar-refractivity contribution is 5.77. The van der Waals surface area contributed by atoms with Crippen LogP contribution in [0.25, 0.3) is 0 Å². The molecule has 3 rings (SSSR count). The van der Waals surface area contributed by atoms with E-state index in [1.807, 2.05) is 45.0 Å². The van der Waals surface area contributed by atoms with Gasteiger partial charge < -0.3 is 63.8 Å². The standard InChI is InChI=1S/C59H100N2O13/c1-15-17-18-19-20-21-22-23-24-25-26-27-28-29-30-31-32-33-34-35-48(62)61-39-40(3)37-57(9,67)54(74-56-50(63)46(60(12)13)36-41(4)70-56)42(5)51(73-49-38-58(10,69-14)53(65)45(8)71-49)43(6)55(66)72-47(16-2)59(11,68)52(64)44(61)7/h17-18,20-21,23-24,26-27,29-30,32-33,40-47,49-54,56,63-65,67-68H,15-16,19,22,25,28,31,34-39H2,1-14H3/t40-,41-,42+,43-,44-,45+,46+,47-,49+,50-,51+,52-,53+,54-,56+,57-,58-,59-/m1/s1. The number of allylic oxidation sites excluding steroid dienone is 12. The summed E-state index contributed by atoms with van der Waals surface area (Å²) in [6, 6.07) is -1.28. The number of cyclic esters (lactones) is 1. The summed E-state index contributed by atoms with van der Waals surface area (Å²) >= 11 is 0. The van der Waals surface area contributed by atoms with Crippen LogP contribution in [0.15, 0.2) is 72.9 Å². The summed E-state index contributed by atoms with van der Waals surface area (Å²) in [7, 11) is 5.24. The van der Waals surface area contributed by atoms with Crippen LogP contribution in [0.4, 0.5) is 0 Å². The van der Waals surface area contributed by atoms with Crippen molar-refractivity contribution >= 4 is 11.9 Å². The van der Waals surface area contributed by atoms with Gasteiger partial charge in [0.2, 0.25) is 5.91 Å². The molecule has 74 heavy (non-hydrogen) atoms. The second-order valence-corrected chi connectivity index (χ2v) is 22.2. The molecule has 0 aromatic heterocycles. The molecule has 3 heterocycles. The topological polar surface area (TPSA) is 197 Å². The third kappa shape index (κ3) is 19.1. The molecule has 15 heteroatoms. The van der Waals surface area contributed by atoms with Crippen molar-refractivity contribution < 1.29 is 63.5 Å². The summed E-state index contributed by atoms with van der Waals surface area (Å²) in [5.41, 5.74) is -4.81. The lowest BCUT2D eigenvalue weighted by Gasteiger charge is -2.48. The number of carbonyl (C=O) groups excluding carboxylic acids is 2. The third-order valence-corrected chi connectivity index (χ3v) is 15.4. The Morgan fingerprint density at radius 3 is 1.82 bits per heavy atom. The van der Waals surface area contributed by atoms with Gasteiger partial charge in [-0.25, -0.2) is 0 Å². The highest BCUT2D eigenvalue weighted by atomic mass is 16.7. The maximum atomic E-state index is 14.6. The molecule has 1 amide bonds. The fourth-order valence-corrected chi connectivity index (χ4v) is 10.8. The predicted octanol–water partition coefficient (Wildman–Crippen LogP) is 8.28. The molecule has 3 saturated heterocycles. The first-order valence-electron chi connectivity index (χ1n) is 27.6. The zero-order valence-corrected chi connectivity index (χ0v) is 47.7. The van der Waals surface area contributed by atoms with Crippen molar-refractivity contribution in [3.05, 3.63) is 72.9 Å². The number of likely N-dealkylation sites (N-methyl/N-ethyl adjacent to an activating group) is 1. The van der Waals surface area contributed by atoms with Crippen molar-refractivity contribution in [3.8, 4) is 0 Å². The van der Waals surface area contributed by atoms with Gasteiger partial charge in [0, 0.05) is 38.5 Å². The van der Waals surface area contributed by atoms with Gasteiger partial charge in [0.05, 0.1) is 47.6 Å². The molecule has 3 aliphatic heterocycles. The van der Waals surface area contributed by atoms with E-state index in [4.69, 9.17) is 28.4 Å². The van der Waals surface area contributed by atoms with Gasteiger partial charge in [-0.05, 0) is 133 Å². The number of ether oxygens (including phenoxy) is 6. The average Bonchev–Trinajstić information content (AvgIpc) is 3.34. The fraction of sp³-hybridized carbons (Fsp3) is 0.763. The molecule has 18 atom stereocenters. The molecule has 0 aromatic carbocycles. The quantitative estimate of drug-likeness (QED) is 0.0544. The van der Waals surface area contributed by atoms with Crippen LogP contribution in [0.3, 0.4) is 0 Å². The fourth-order valence-electron chi connectivity index (χ4n) is 10.8. The Morgan fingerprint density at radius 2 is 1.31 bits per heavy atom. The van der Waals surface area contributed by atoms with Crippen LogP contribution in [0.2, 0.25) is 0 Å². The number of aliphatic hydroxyl groups excluding tert-OH is 3. The largest absolute Gasteiger partial charge is 0.459 e. The molecule has 0 radical (unpaired) electrons. The van der Waals surface area contributed by atoms with E-state index in [1.165, 1.54) is 14.0 Å². The van der Waals surface area contributed by atoms with E-state index in [2.05, 4.69) is 67.7 Å². The van der Waals surface area contributed by atoms with Crippen LogP contribution in [0.5, 0.6) is 0 Å². The Bertz CT molecular complexity index is 1850. The van der Waals surface area contributed by atoms with Crippen molar-refractivity contribution in [2.75, 3.05) is 27.7 Å². The minimum Gasteiger partial charge on any atom is -0.459 e. The number of amides is 1. The Morgan fingerprint density at radius 1 is 0.770 bits per heavy atom. The van der Waals surface area contributed by atoms with Gasteiger partial charge in [-0.3, -0.25) is 9.59 Å². The number of nitrogens with zero attached hydrogens (tertiary/aromatic N) is 2. The van der Waals surface area contributed by atoms with Crippen molar-refractivity contribution in [2.24, 2.45) is 17.8 Å². The third-order valence-electron chi connectivity index (χ3n) is 15.4. The maximum absolute atomic E-state index is 14.6. The molecule has 3 fully saturated rings. The summed E-state index contributed by atoms with van der Waals surface area (Å²) in [6.45, 7) is 19.4. The lowest BCUT2D eigenvalue weighted by atomic mass is 9.77. The van der Waals surface area contributed by atoms with Gasteiger partial charge in [-0.2, -0.15) is 0 Å². The Balaban J connectivity index is 1.93. The highest BCUT2D eigenvalue weighted by Gasteiger charge is 2.53. The predicted molar refractivity (Wildman–Crippen MR) is 291 cm³/mol. The van der Waals surface area contributed by atoms with Crippen LogP contribution in [-0.2, 0) is 38.0 Å². The molecular formula is C59H100N2O13. The first kappa shape index (κ1) is 65.2. The molecule has 0 unspecified atom stereocenters. The van der Waals surface area contributed by atoms with Crippen LogP contribution in [-0.4, -0.2) is 165 Å². The normalized spacial score (nSPS) is 38.8. The first-order chi connectivity index (χ1) is 34.9. The molecule has 0 aliphatic carbocycles. The smallest absolute Gasteiger partial charge is 0.311 e. The minimum atomic E-state index is -2.02. The molecule has 0 bridgehead atoms. The molecule has 5 N–H and O–H groups in total. The van der Waals surface area contributed by atoms with E-state index in [0.29, 0.717) is 19.3 Å². The zero-order chi connectivity index (χ0) is 55.4. The average molecular weight is 1050 g/mol. The van der Waals surface area contributed by atoms with Gasteiger partial charge >= 0.3 is 5.97 Å². The Kier molecular flexibility index (Phi) is 27.6. The number of methoxy groups -OCH3 is 1. The molecule has 3 aliphatic rings. The number of rotatable bonds is 21. The van der Waals surface area contributed by atoms with E-state index < -0.39 is 102 Å². The minimum absolute atomic E-state index is 0.0572. The SMILES string of the molecule is CCC=CCC=CCC=CCC=CCC=CCC=CCCC(=O)N1C[C@H](C)C[C@@](C)(O)[C@H](O[C@@H]2O[C@H](C)C[C@H](N(C)C)[C@H]2O)[C@@H](C)[C@H](O[C@H]2C[C@@](C)(OC)[C@@H](O)[C@H](C)O2)[C@@H](C)C(=O)O[C@H](CC)[C@@](C)(O)[C@H](O)[C@H]1C. The Labute approximate surface area is 445 Å². The number of aliphatic hydroxyl groups is 5. The molecule has 0 saturated carbocycles. The highest BCUT2D eigenvalue weighted by Crippen LogP contribution is 2.40. The maximum Gasteiger partial charge on any atom is 0.311 e. The first-order valence-corrected chi connectivity index (χ1v) is 27.6. The van der Waals surface area contributed by atoms with Crippen LogP contribution in [0, 0.1) is 17.8 Å².